The summed E-state index contributed by atoms with van der Waals surface area (Å²) >= 11 is 0. The van der Waals surface area contributed by atoms with Crippen molar-refractivity contribution in [3.63, 3.8) is 0 Å². The molecule has 0 heterocycles. The third-order valence-electron chi connectivity index (χ3n) is 2.77. The minimum atomic E-state index is -0.389. The van der Waals surface area contributed by atoms with Crippen molar-refractivity contribution in [3.05, 3.63) is 59.4 Å². The van der Waals surface area contributed by atoms with Crippen LogP contribution in [0.4, 0.5) is 4.39 Å². The van der Waals surface area contributed by atoms with E-state index in [4.69, 9.17) is 10.5 Å². The van der Waals surface area contributed by atoms with Gasteiger partial charge in [-0.15, -0.1) is 0 Å². The molecule has 0 spiro atoms. The Labute approximate surface area is 106 Å². The van der Waals surface area contributed by atoms with E-state index in [-0.39, 0.29) is 11.6 Å². The van der Waals surface area contributed by atoms with Crippen LogP contribution in [0.5, 0.6) is 11.5 Å². The van der Waals surface area contributed by atoms with Crippen molar-refractivity contribution in [1.82, 2.24) is 0 Å². The summed E-state index contributed by atoms with van der Waals surface area (Å²) in [5.74, 6) is 0.481. The van der Waals surface area contributed by atoms with Crippen molar-refractivity contribution in [2.24, 2.45) is 5.73 Å². The molecule has 0 amide bonds. The fourth-order valence-corrected chi connectivity index (χ4v) is 1.71. The lowest BCUT2D eigenvalue weighted by Crippen LogP contribution is -1.97. The minimum Gasteiger partial charge on any atom is -0.454 e. The van der Waals surface area contributed by atoms with Gasteiger partial charge in [-0.1, -0.05) is 25.1 Å². The monoisotopic (exact) mass is 245 g/mol. The largest absolute Gasteiger partial charge is 0.454 e. The first-order chi connectivity index (χ1) is 8.72. The average molecular weight is 245 g/mol. The van der Waals surface area contributed by atoms with E-state index in [2.05, 4.69) is 6.92 Å². The Balaban J connectivity index is 2.22. The maximum Gasteiger partial charge on any atom is 0.166 e. The van der Waals surface area contributed by atoms with Crippen LogP contribution in [0, 0.1) is 5.82 Å². The lowest BCUT2D eigenvalue weighted by Gasteiger charge is -2.08. The highest BCUT2D eigenvalue weighted by atomic mass is 19.1. The van der Waals surface area contributed by atoms with E-state index >= 15 is 0 Å². The van der Waals surface area contributed by atoms with Gasteiger partial charge in [0.2, 0.25) is 0 Å². The van der Waals surface area contributed by atoms with Crippen molar-refractivity contribution in [2.75, 3.05) is 0 Å². The zero-order valence-corrected chi connectivity index (χ0v) is 10.3. The van der Waals surface area contributed by atoms with Gasteiger partial charge in [-0.25, -0.2) is 4.39 Å². The second-order valence-corrected chi connectivity index (χ2v) is 4.07. The van der Waals surface area contributed by atoms with Crippen LogP contribution in [0.1, 0.15) is 18.1 Å². The molecule has 0 unspecified atom stereocenters. The Morgan fingerprint density at radius 2 is 1.94 bits per heavy atom. The highest BCUT2D eigenvalue weighted by Gasteiger charge is 2.05. The highest BCUT2D eigenvalue weighted by molar-refractivity contribution is 5.36. The van der Waals surface area contributed by atoms with E-state index in [1.807, 2.05) is 24.3 Å². The molecular formula is C15H16FNO. The van der Waals surface area contributed by atoms with Gasteiger partial charge in [0.05, 0.1) is 0 Å². The number of ether oxygens (including phenoxy) is 1. The van der Waals surface area contributed by atoms with E-state index in [0.29, 0.717) is 12.3 Å². The van der Waals surface area contributed by atoms with E-state index < -0.39 is 0 Å². The normalized spacial score (nSPS) is 10.4. The van der Waals surface area contributed by atoms with Crippen LogP contribution in [0.25, 0.3) is 0 Å². The molecule has 0 fully saturated rings. The van der Waals surface area contributed by atoms with Crippen LogP contribution in [-0.4, -0.2) is 0 Å². The molecule has 0 saturated heterocycles. The van der Waals surface area contributed by atoms with Crippen LogP contribution in [0.15, 0.2) is 42.5 Å². The molecule has 2 aromatic carbocycles. The first-order valence-electron chi connectivity index (χ1n) is 5.98. The molecule has 0 bridgehead atoms. The first kappa shape index (κ1) is 12.6. The van der Waals surface area contributed by atoms with Crippen molar-refractivity contribution >= 4 is 0 Å². The third kappa shape index (κ3) is 2.87. The van der Waals surface area contributed by atoms with Gasteiger partial charge < -0.3 is 10.5 Å². The first-order valence-corrected chi connectivity index (χ1v) is 5.98. The Hall–Kier alpha value is -1.87. The van der Waals surface area contributed by atoms with Gasteiger partial charge in [-0.3, -0.25) is 0 Å². The molecule has 2 nitrogen and oxygen atoms in total. The molecule has 3 heteroatoms. The number of nitrogens with two attached hydrogens (primary N) is 1. The number of rotatable bonds is 4. The summed E-state index contributed by atoms with van der Waals surface area (Å²) in [5.41, 5.74) is 7.36. The summed E-state index contributed by atoms with van der Waals surface area (Å²) in [7, 11) is 0. The number of hydrogen-bond acceptors (Lipinski definition) is 2. The Morgan fingerprint density at radius 3 is 2.61 bits per heavy atom. The van der Waals surface area contributed by atoms with Gasteiger partial charge >= 0.3 is 0 Å². The smallest absolute Gasteiger partial charge is 0.166 e. The maximum absolute atomic E-state index is 13.7. The lowest BCUT2D eigenvalue weighted by atomic mass is 10.1. The molecule has 94 valence electrons. The molecule has 2 aromatic rings. The standard InChI is InChI=1S/C15H16FNO/c1-2-11-4-3-5-13(8-11)18-15-7-6-12(10-17)9-14(15)16/h3-9H,2,10,17H2,1H3. The highest BCUT2D eigenvalue weighted by Crippen LogP contribution is 2.25. The SMILES string of the molecule is CCc1cccc(Oc2ccc(CN)cc2F)c1. The third-order valence-corrected chi connectivity index (χ3v) is 2.77. The second kappa shape index (κ2) is 5.65. The maximum atomic E-state index is 13.7. The molecule has 0 saturated carbocycles. The molecule has 0 aliphatic heterocycles. The van der Waals surface area contributed by atoms with E-state index in [1.165, 1.54) is 6.07 Å². The number of benzene rings is 2. The van der Waals surface area contributed by atoms with E-state index in [1.54, 1.807) is 12.1 Å². The van der Waals surface area contributed by atoms with Gasteiger partial charge in [0.1, 0.15) is 5.75 Å². The number of hydrogen-bond donors (Lipinski definition) is 1. The topological polar surface area (TPSA) is 35.2 Å². The van der Waals surface area contributed by atoms with Gasteiger partial charge in [0.15, 0.2) is 11.6 Å². The summed E-state index contributed by atoms with van der Waals surface area (Å²) < 4.78 is 19.3. The lowest BCUT2D eigenvalue weighted by molar-refractivity contribution is 0.441. The summed E-state index contributed by atoms with van der Waals surface area (Å²) in [6.45, 7) is 2.39. The minimum absolute atomic E-state index is 0.223. The van der Waals surface area contributed by atoms with Gasteiger partial charge in [-0.05, 0) is 41.8 Å². The second-order valence-electron chi connectivity index (χ2n) is 4.07. The van der Waals surface area contributed by atoms with Crippen LogP contribution in [0.3, 0.4) is 0 Å². The predicted octanol–water partition coefficient (Wildman–Crippen LogP) is 3.64. The molecule has 0 aliphatic rings. The van der Waals surface area contributed by atoms with Crippen molar-refractivity contribution in [2.45, 2.75) is 19.9 Å². The molecule has 18 heavy (non-hydrogen) atoms. The molecule has 0 aliphatic carbocycles. The van der Waals surface area contributed by atoms with E-state index in [9.17, 15) is 4.39 Å². The van der Waals surface area contributed by atoms with Crippen molar-refractivity contribution in [3.8, 4) is 11.5 Å². The average Bonchev–Trinajstić information content (AvgIpc) is 2.41. The molecule has 2 rings (SSSR count). The van der Waals surface area contributed by atoms with Crippen LogP contribution in [0.2, 0.25) is 0 Å². The Bertz CT molecular complexity index is 540. The van der Waals surface area contributed by atoms with Crippen LogP contribution in [-0.2, 0) is 13.0 Å². The predicted molar refractivity (Wildman–Crippen MR) is 70.2 cm³/mol. The summed E-state index contributed by atoms with van der Waals surface area (Å²) in [6, 6.07) is 12.4. The van der Waals surface area contributed by atoms with E-state index in [0.717, 1.165) is 17.5 Å². The van der Waals surface area contributed by atoms with Crippen molar-refractivity contribution in [1.29, 1.82) is 0 Å². The number of halogens is 1. The fraction of sp³-hybridized carbons (Fsp3) is 0.200. The zero-order valence-electron chi connectivity index (χ0n) is 10.3. The molecule has 0 aromatic heterocycles. The fourth-order valence-electron chi connectivity index (χ4n) is 1.71. The van der Waals surface area contributed by atoms with Gasteiger partial charge in [-0.2, -0.15) is 0 Å². The molecule has 0 radical (unpaired) electrons. The Kier molecular flexibility index (Phi) is 3.95. The summed E-state index contributed by atoms with van der Waals surface area (Å²) in [5, 5.41) is 0. The molecule has 2 N–H and O–H groups in total. The van der Waals surface area contributed by atoms with Crippen LogP contribution >= 0.6 is 0 Å². The van der Waals surface area contributed by atoms with Gasteiger partial charge in [0.25, 0.3) is 0 Å². The molecular weight excluding hydrogens is 229 g/mol. The van der Waals surface area contributed by atoms with Crippen LogP contribution < -0.4 is 10.5 Å². The quantitative estimate of drug-likeness (QED) is 0.892. The zero-order chi connectivity index (χ0) is 13.0. The summed E-state index contributed by atoms with van der Waals surface area (Å²) in [6.07, 6.45) is 0.922. The Morgan fingerprint density at radius 1 is 1.11 bits per heavy atom. The molecule has 0 atom stereocenters. The number of aryl methyl sites for hydroxylation is 1. The summed E-state index contributed by atoms with van der Waals surface area (Å²) in [4.78, 5) is 0. The van der Waals surface area contributed by atoms with Gasteiger partial charge in [0, 0.05) is 6.54 Å². The van der Waals surface area contributed by atoms with Crippen molar-refractivity contribution < 1.29 is 9.13 Å².